The van der Waals surface area contributed by atoms with Gasteiger partial charge in [0.15, 0.2) is 0 Å². The molecular formula is C17H10Cl2N2O3. The van der Waals surface area contributed by atoms with Gasteiger partial charge in [0.2, 0.25) is 12.0 Å². The maximum atomic E-state index is 12.8. The number of amides is 2. The summed E-state index contributed by atoms with van der Waals surface area (Å²) in [6, 6.07) is 13.6. The average molecular weight is 361 g/mol. The Bertz CT molecular complexity index is 883. The zero-order valence-corrected chi connectivity index (χ0v) is 13.7. The van der Waals surface area contributed by atoms with Gasteiger partial charge in [-0.25, -0.2) is 4.90 Å². The quantitative estimate of drug-likeness (QED) is 0.772. The Balaban J connectivity index is 1.73. The maximum Gasteiger partial charge on any atom is 0.278 e. The molecule has 0 radical (unpaired) electrons. The number of fused-ring (bicyclic) bond motifs is 1. The van der Waals surface area contributed by atoms with E-state index in [1.54, 1.807) is 42.5 Å². The third-order valence-corrected chi connectivity index (χ3v) is 4.58. The van der Waals surface area contributed by atoms with Gasteiger partial charge in [-0.2, -0.15) is 0 Å². The highest BCUT2D eigenvalue weighted by Gasteiger charge is 2.56. The number of hydrogen-bond acceptors (Lipinski definition) is 4. The number of carbonyl (C=O) groups excluding carboxylic acids is 2. The van der Waals surface area contributed by atoms with Gasteiger partial charge in [0.25, 0.3) is 5.91 Å². The van der Waals surface area contributed by atoms with Crippen molar-refractivity contribution in [2.45, 2.75) is 6.10 Å². The molecule has 4 rings (SSSR count). The number of para-hydroxylation sites is 1. The molecule has 2 aliphatic rings. The number of halogens is 2. The molecule has 120 valence electrons. The maximum absolute atomic E-state index is 12.8. The number of rotatable bonds is 2. The van der Waals surface area contributed by atoms with Crippen LogP contribution in [0, 0.1) is 5.92 Å². The molecular weight excluding hydrogens is 351 g/mol. The summed E-state index contributed by atoms with van der Waals surface area (Å²) >= 11 is 12.1. The van der Waals surface area contributed by atoms with Gasteiger partial charge in [-0.05, 0) is 24.3 Å². The van der Waals surface area contributed by atoms with Crippen LogP contribution in [0.15, 0.2) is 53.7 Å². The Morgan fingerprint density at radius 2 is 1.75 bits per heavy atom. The Labute approximate surface area is 147 Å². The van der Waals surface area contributed by atoms with E-state index in [9.17, 15) is 9.59 Å². The monoisotopic (exact) mass is 360 g/mol. The van der Waals surface area contributed by atoms with Crippen LogP contribution in [0.3, 0.4) is 0 Å². The summed E-state index contributed by atoms with van der Waals surface area (Å²) in [6.45, 7) is 0. The van der Waals surface area contributed by atoms with Crippen molar-refractivity contribution in [3.63, 3.8) is 0 Å². The number of nitrogens with zero attached hydrogens (tertiary/aromatic N) is 2. The van der Waals surface area contributed by atoms with E-state index in [1.807, 2.05) is 6.07 Å². The molecule has 0 saturated carbocycles. The number of hydrogen-bond donors (Lipinski definition) is 0. The summed E-state index contributed by atoms with van der Waals surface area (Å²) in [6.07, 6.45) is -0.959. The number of oxime groups is 1. The lowest BCUT2D eigenvalue weighted by molar-refractivity contribution is -0.126. The smallest absolute Gasteiger partial charge is 0.278 e. The largest absolute Gasteiger partial charge is 0.381 e. The predicted molar refractivity (Wildman–Crippen MR) is 90.3 cm³/mol. The van der Waals surface area contributed by atoms with E-state index in [4.69, 9.17) is 28.0 Å². The molecule has 2 aromatic rings. The summed E-state index contributed by atoms with van der Waals surface area (Å²) in [7, 11) is 0. The van der Waals surface area contributed by atoms with Gasteiger partial charge < -0.3 is 4.84 Å². The van der Waals surface area contributed by atoms with Crippen molar-refractivity contribution < 1.29 is 14.4 Å². The van der Waals surface area contributed by atoms with Crippen LogP contribution in [0.4, 0.5) is 5.69 Å². The van der Waals surface area contributed by atoms with E-state index >= 15 is 0 Å². The molecule has 2 amide bonds. The van der Waals surface area contributed by atoms with E-state index in [2.05, 4.69) is 5.16 Å². The summed E-state index contributed by atoms with van der Waals surface area (Å²) < 4.78 is 0. The van der Waals surface area contributed by atoms with E-state index in [0.29, 0.717) is 27.0 Å². The molecule has 0 spiro atoms. The Morgan fingerprint density at radius 1 is 1.00 bits per heavy atom. The highest BCUT2D eigenvalue weighted by atomic mass is 35.5. The molecule has 0 bridgehead atoms. The van der Waals surface area contributed by atoms with Crippen LogP contribution in [0.1, 0.15) is 5.56 Å². The molecule has 2 aromatic carbocycles. The predicted octanol–water partition coefficient (Wildman–Crippen LogP) is 3.29. The van der Waals surface area contributed by atoms with Crippen molar-refractivity contribution in [2.75, 3.05) is 4.90 Å². The average Bonchev–Trinajstić information content (AvgIpc) is 3.09. The van der Waals surface area contributed by atoms with Gasteiger partial charge in [0.05, 0.1) is 10.7 Å². The second kappa shape index (κ2) is 5.61. The zero-order chi connectivity index (χ0) is 16.8. The van der Waals surface area contributed by atoms with Crippen molar-refractivity contribution >= 4 is 46.4 Å². The molecule has 2 aliphatic heterocycles. The Hall–Kier alpha value is -2.37. The molecule has 0 N–H and O–H groups in total. The minimum Gasteiger partial charge on any atom is -0.381 e. The zero-order valence-electron chi connectivity index (χ0n) is 12.1. The van der Waals surface area contributed by atoms with Crippen LogP contribution >= 0.6 is 23.2 Å². The molecule has 5 nitrogen and oxygen atoms in total. The SMILES string of the molecule is O=C1[C@H]2C(c3ccc(Cl)cc3Cl)=NO[C@H]2C(=O)N1c1ccccc1. The van der Waals surface area contributed by atoms with Crippen LogP contribution < -0.4 is 4.90 Å². The number of anilines is 1. The summed E-state index contributed by atoms with van der Waals surface area (Å²) in [4.78, 5) is 31.8. The number of benzene rings is 2. The highest BCUT2D eigenvalue weighted by Crippen LogP contribution is 2.36. The highest BCUT2D eigenvalue weighted by molar-refractivity contribution is 6.39. The van der Waals surface area contributed by atoms with E-state index in [1.165, 1.54) is 0 Å². The van der Waals surface area contributed by atoms with Gasteiger partial charge in [-0.3, -0.25) is 9.59 Å². The van der Waals surface area contributed by atoms with Gasteiger partial charge in [0, 0.05) is 10.6 Å². The molecule has 2 atom stereocenters. The van der Waals surface area contributed by atoms with E-state index < -0.39 is 17.9 Å². The lowest BCUT2D eigenvalue weighted by Gasteiger charge is -2.15. The van der Waals surface area contributed by atoms with E-state index in [0.717, 1.165) is 4.90 Å². The Kier molecular flexibility index (Phi) is 3.55. The number of imide groups is 1. The summed E-state index contributed by atoms with van der Waals surface area (Å²) in [5.74, 6) is -1.62. The fourth-order valence-electron chi connectivity index (χ4n) is 2.93. The van der Waals surface area contributed by atoms with Gasteiger partial charge in [-0.1, -0.05) is 52.6 Å². The summed E-state index contributed by atoms with van der Waals surface area (Å²) in [5.41, 5.74) is 1.38. The van der Waals surface area contributed by atoms with Crippen LogP contribution in [-0.4, -0.2) is 23.6 Å². The topological polar surface area (TPSA) is 59.0 Å². The first-order valence-corrected chi connectivity index (χ1v) is 7.95. The molecule has 2 heterocycles. The minimum absolute atomic E-state index is 0.346. The van der Waals surface area contributed by atoms with Crippen molar-refractivity contribution in [2.24, 2.45) is 11.1 Å². The molecule has 1 fully saturated rings. The first-order valence-electron chi connectivity index (χ1n) is 7.20. The van der Waals surface area contributed by atoms with Crippen LogP contribution in [-0.2, 0) is 14.4 Å². The van der Waals surface area contributed by atoms with Gasteiger partial charge in [-0.15, -0.1) is 0 Å². The van der Waals surface area contributed by atoms with Crippen LogP contribution in [0.25, 0.3) is 0 Å². The lowest BCUT2D eigenvalue weighted by Crippen LogP contribution is -2.33. The third kappa shape index (κ3) is 2.20. The summed E-state index contributed by atoms with van der Waals surface area (Å²) in [5, 5.41) is 4.75. The molecule has 0 unspecified atom stereocenters. The second-order valence-electron chi connectivity index (χ2n) is 5.45. The molecule has 0 aromatic heterocycles. The molecule has 24 heavy (non-hydrogen) atoms. The van der Waals surface area contributed by atoms with Crippen LogP contribution in [0.2, 0.25) is 10.0 Å². The van der Waals surface area contributed by atoms with Crippen molar-refractivity contribution in [1.29, 1.82) is 0 Å². The molecule has 1 saturated heterocycles. The first kappa shape index (κ1) is 15.2. The van der Waals surface area contributed by atoms with Gasteiger partial charge in [0.1, 0.15) is 11.6 Å². The molecule has 7 heteroatoms. The lowest BCUT2D eigenvalue weighted by atomic mass is 9.94. The molecule has 0 aliphatic carbocycles. The minimum atomic E-state index is -0.959. The third-order valence-electron chi connectivity index (χ3n) is 4.03. The standard InChI is InChI=1S/C17H10Cl2N2O3/c18-9-6-7-11(12(19)8-9)14-13-15(24-20-14)17(23)21(16(13)22)10-4-2-1-3-5-10/h1-8,13,15H/t13-,15+/m0/s1. The first-order chi connectivity index (χ1) is 11.6. The van der Waals surface area contributed by atoms with Crippen molar-refractivity contribution in [3.8, 4) is 0 Å². The van der Waals surface area contributed by atoms with Crippen molar-refractivity contribution in [3.05, 3.63) is 64.1 Å². The fourth-order valence-corrected chi connectivity index (χ4v) is 3.43. The van der Waals surface area contributed by atoms with Crippen molar-refractivity contribution in [1.82, 2.24) is 0 Å². The van der Waals surface area contributed by atoms with Crippen LogP contribution in [0.5, 0.6) is 0 Å². The fraction of sp³-hybridized carbons (Fsp3) is 0.118. The normalized spacial score (nSPS) is 22.4. The number of carbonyl (C=O) groups is 2. The van der Waals surface area contributed by atoms with E-state index in [-0.39, 0.29) is 5.91 Å². The van der Waals surface area contributed by atoms with Gasteiger partial charge >= 0.3 is 0 Å². The second-order valence-corrected chi connectivity index (χ2v) is 6.30. The Morgan fingerprint density at radius 3 is 2.46 bits per heavy atom.